The SMILES string of the molecule is O=C(O)[C@@H]1CCCN1C(=O)c1ccc(N2CCCC2=O)cc1. The van der Waals surface area contributed by atoms with Crippen LogP contribution in [-0.4, -0.2) is 46.9 Å². The summed E-state index contributed by atoms with van der Waals surface area (Å²) in [7, 11) is 0. The molecule has 2 saturated heterocycles. The maximum absolute atomic E-state index is 12.4. The van der Waals surface area contributed by atoms with Gasteiger partial charge in [-0.1, -0.05) is 0 Å². The van der Waals surface area contributed by atoms with Crippen molar-refractivity contribution in [3.63, 3.8) is 0 Å². The van der Waals surface area contributed by atoms with E-state index in [4.69, 9.17) is 5.11 Å². The van der Waals surface area contributed by atoms with Gasteiger partial charge in [-0.3, -0.25) is 9.59 Å². The lowest BCUT2D eigenvalue weighted by Crippen LogP contribution is -2.40. The molecule has 116 valence electrons. The highest BCUT2D eigenvalue weighted by Crippen LogP contribution is 2.24. The minimum atomic E-state index is -0.954. The van der Waals surface area contributed by atoms with Crippen molar-refractivity contribution in [3.05, 3.63) is 29.8 Å². The highest BCUT2D eigenvalue weighted by molar-refractivity contribution is 5.99. The first kappa shape index (κ1) is 14.6. The maximum atomic E-state index is 12.4. The van der Waals surface area contributed by atoms with E-state index >= 15 is 0 Å². The van der Waals surface area contributed by atoms with Crippen LogP contribution < -0.4 is 4.90 Å². The van der Waals surface area contributed by atoms with E-state index < -0.39 is 12.0 Å². The molecular formula is C16H18N2O4. The second-order valence-electron chi connectivity index (χ2n) is 5.69. The Balaban J connectivity index is 1.76. The number of likely N-dealkylation sites (tertiary alicyclic amines) is 1. The molecule has 2 amide bonds. The first-order chi connectivity index (χ1) is 10.6. The molecule has 0 radical (unpaired) electrons. The third-order valence-electron chi connectivity index (χ3n) is 4.30. The monoisotopic (exact) mass is 302 g/mol. The molecule has 1 aromatic carbocycles. The zero-order chi connectivity index (χ0) is 15.7. The van der Waals surface area contributed by atoms with Gasteiger partial charge < -0.3 is 14.9 Å². The van der Waals surface area contributed by atoms with Crippen LogP contribution in [0.1, 0.15) is 36.0 Å². The quantitative estimate of drug-likeness (QED) is 0.918. The van der Waals surface area contributed by atoms with Crippen LogP contribution in [0.4, 0.5) is 5.69 Å². The first-order valence-electron chi connectivity index (χ1n) is 7.52. The Morgan fingerprint density at radius 3 is 2.41 bits per heavy atom. The fourth-order valence-electron chi connectivity index (χ4n) is 3.14. The smallest absolute Gasteiger partial charge is 0.326 e. The highest BCUT2D eigenvalue weighted by Gasteiger charge is 2.34. The van der Waals surface area contributed by atoms with Gasteiger partial charge in [-0.2, -0.15) is 0 Å². The molecule has 2 aliphatic rings. The number of carboxylic acids is 1. The van der Waals surface area contributed by atoms with E-state index in [0.717, 1.165) is 12.1 Å². The molecule has 2 heterocycles. The summed E-state index contributed by atoms with van der Waals surface area (Å²) < 4.78 is 0. The van der Waals surface area contributed by atoms with Crippen molar-refractivity contribution < 1.29 is 19.5 Å². The van der Waals surface area contributed by atoms with Gasteiger partial charge in [0.25, 0.3) is 5.91 Å². The summed E-state index contributed by atoms with van der Waals surface area (Å²) in [5.74, 6) is -1.11. The van der Waals surface area contributed by atoms with Gasteiger partial charge >= 0.3 is 5.97 Å². The van der Waals surface area contributed by atoms with Gasteiger partial charge in [0.2, 0.25) is 5.91 Å². The summed E-state index contributed by atoms with van der Waals surface area (Å²) in [5.41, 5.74) is 1.25. The lowest BCUT2D eigenvalue weighted by atomic mass is 10.1. The normalized spacial score (nSPS) is 21.5. The van der Waals surface area contributed by atoms with Crippen molar-refractivity contribution >= 4 is 23.5 Å². The van der Waals surface area contributed by atoms with Gasteiger partial charge in [-0.15, -0.1) is 0 Å². The molecule has 0 saturated carbocycles. The van der Waals surface area contributed by atoms with Gasteiger partial charge in [0.15, 0.2) is 0 Å². The summed E-state index contributed by atoms with van der Waals surface area (Å²) in [6.07, 6.45) is 2.63. The molecular weight excluding hydrogens is 284 g/mol. The molecule has 6 heteroatoms. The number of nitrogens with zero attached hydrogens (tertiary/aromatic N) is 2. The lowest BCUT2D eigenvalue weighted by molar-refractivity contribution is -0.141. The Labute approximate surface area is 128 Å². The minimum Gasteiger partial charge on any atom is -0.480 e. The molecule has 1 atom stereocenters. The molecule has 0 unspecified atom stereocenters. The van der Waals surface area contributed by atoms with E-state index in [2.05, 4.69) is 0 Å². The Hall–Kier alpha value is -2.37. The number of carbonyl (C=O) groups excluding carboxylic acids is 2. The summed E-state index contributed by atoms with van der Waals surface area (Å²) in [6.45, 7) is 1.18. The number of rotatable bonds is 3. The molecule has 0 bridgehead atoms. The Morgan fingerprint density at radius 2 is 1.82 bits per heavy atom. The standard InChI is InChI=1S/C16H18N2O4/c19-14-4-2-9-17(14)12-7-5-11(6-8-12)15(20)18-10-1-3-13(18)16(21)22/h5-8,13H,1-4,9-10H2,(H,21,22)/t13-/m0/s1. The molecule has 2 fully saturated rings. The molecule has 6 nitrogen and oxygen atoms in total. The summed E-state index contributed by atoms with van der Waals surface area (Å²) in [6, 6.07) is 6.11. The maximum Gasteiger partial charge on any atom is 0.326 e. The average molecular weight is 302 g/mol. The lowest BCUT2D eigenvalue weighted by Gasteiger charge is -2.22. The topological polar surface area (TPSA) is 77.9 Å². The summed E-state index contributed by atoms with van der Waals surface area (Å²) >= 11 is 0. The van der Waals surface area contributed by atoms with Crippen LogP contribution in [0.3, 0.4) is 0 Å². The second-order valence-corrected chi connectivity index (χ2v) is 5.69. The van der Waals surface area contributed by atoms with E-state index in [1.165, 1.54) is 4.90 Å². The van der Waals surface area contributed by atoms with E-state index in [1.54, 1.807) is 29.2 Å². The van der Waals surface area contributed by atoms with E-state index in [9.17, 15) is 14.4 Å². The van der Waals surface area contributed by atoms with Crippen LogP contribution in [0, 0.1) is 0 Å². The number of benzene rings is 1. The number of hydrogen-bond donors (Lipinski definition) is 1. The third kappa shape index (κ3) is 2.56. The molecule has 1 aromatic rings. The van der Waals surface area contributed by atoms with Crippen molar-refractivity contribution in [1.29, 1.82) is 0 Å². The van der Waals surface area contributed by atoms with Crippen LogP contribution in [0.2, 0.25) is 0 Å². The third-order valence-corrected chi connectivity index (χ3v) is 4.30. The fraction of sp³-hybridized carbons (Fsp3) is 0.438. The predicted octanol–water partition coefficient (Wildman–Crippen LogP) is 1.50. The van der Waals surface area contributed by atoms with E-state index in [1.807, 2.05) is 0 Å². The number of hydrogen-bond acceptors (Lipinski definition) is 3. The van der Waals surface area contributed by atoms with Gasteiger partial charge in [0.1, 0.15) is 6.04 Å². The van der Waals surface area contributed by atoms with Crippen molar-refractivity contribution in [3.8, 4) is 0 Å². The molecule has 1 N–H and O–H groups in total. The van der Waals surface area contributed by atoms with Crippen molar-refractivity contribution in [2.75, 3.05) is 18.0 Å². The zero-order valence-corrected chi connectivity index (χ0v) is 12.2. The van der Waals surface area contributed by atoms with Crippen LogP contribution in [0.25, 0.3) is 0 Å². The molecule has 0 aliphatic carbocycles. The largest absolute Gasteiger partial charge is 0.480 e. The van der Waals surface area contributed by atoms with Crippen LogP contribution in [0.15, 0.2) is 24.3 Å². The van der Waals surface area contributed by atoms with Gasteiger partial charge in [0, 0.05) is 30.8 Å². The Kier molecular flexibility index (Phi) is 3.83. The number of carboxylic acid groups (broad SMARTS) is 1. The number of carbonyl (C=O) groups is 3. The van der Waals surface area contributed by atoms with Crippen LogP contribution in [0.5, 0.6) is 0 Å². The van der Waals surface area contributed by atoms with Crippen molar-refractivity contribution in [2.45, 2.75) is 31.7 Å². The first-order valence-corrected chi connectivity index (χ1v) is 7.52. The van der Waals surface area contributed by atoms with Gasteiger partial charge in [0.05, 0.1) is 0 Å². The van der Waals surface area contributed by atoms with Crippen LogP contribution in [-0.2, 0) is 9.59 Å². The van der Waals surface area contributed by atoms with Gasteiger partial charge in [-0.05, 0) is 43.5 Å². The van der Waals surface area contributed by atoms with E-state index in [-0.39, 0.29) is 11.8 Å². The molecule has 22 heavy (non-hydrogen) atoms. The minimum absolute atomic E-state index is 0.101. The average Bonchev–Trinajstić information content (AvgIpc) is 3.15. The number of amides is 2. The molecule has 0 spiro atoms. The number of aliphatic carboxylic acids is 1. The van der Waals surface area contributed by atoms with Crippen molar-refractivity contribution in [2.24, 2.45) is 0 Å². The molecule has 3 rings (SSSR count). The zero-order valence-electron chi connectivity index (χ0n) is 12.2. The Morgan fingerprint density at radius 1 is 1.09 bits per heavy atom. The number of anilines is 1. The summed E-state index contributed by atoms with van der Waals surface area (Å²) in [5, 5.41) is 9.16. The predicted molar refractivity (Wildman–Crippen MR) is 79.7 cm³/mol. The van der Waals surface area contributed by atoms with Crippen molar-refractivity contribution in [1.82, 2.24) is 4.90 Å². The Bertz CT molecular complexity index is 611. The summed E-state index contributed by atoms with van der Waals surface area (Å²) in [4.78, 5) is 38.4. The van der Waals surface area contributed by atoms with E-state index in [0.29, 0.717) is 37.9 Å². The van der Waals surface area contributed by atoms with Crippen LogP contribution >= 0.6 is 0 Å². The van der Waals surface area contributed by atoms with Gasteiger partial charge in [-0.25, -0.2) is 4.79 Å². The molecule has 2 aliphatic heterocycles. The fourth-order valence-corrected chi connectivity index (χ4v) is 3.14. The second kappa shape index (κ2) is 5.79. The highest BCUT2D eigenvalue weighted by atomic mass is 16.4. The molecule has 0 aromatic heterocycles.